The molecule has 0 bridgehead atoms. The molecule has 1 aromatic heterocycles. The number of hydrogen-bond acceptors (Lipinski definition) is 4. The zero-order valence-corrected chi connectivity index (χ0v) is 15.8. The average Bonchev–Trinajstić information content (AvgIpc) is 2.61. The summed E-state index contributed by atoms with van der Waals surface area (Å²) in [6, 6.07) is 4.05. The van der Waals surface area contributed by atoms with E-state index < -0.39 is 0 Å². The smallest absolute Gasteiger partial charge is 0.257 e. The minimum absolute atomic E-state index is 0.0863. The highest BCUT2D eigenvalue weighted by Gasteiger charge is 2.30. The third-order valence-corrected chi connectivity index (χ3v) is 5.29. The Hall–Kier alpha value is -1.82. The summed E-state index contributed by atoms with van der Waals surface area (Å²) < 4.78 is 0. The first-order chi connectivity index (χ1) is 12.0. The standard InChI is InChI=1S/C19H32N4O2/c1-4-11-23(14(5-2)6-3)15-9-12-22(13-10-15)19(25)16-7-8-17(24)21-18(16)20/h7-8,14-15H,4-6,9-13H2,1-3H3,(H3,20,21,24). The zero-order chi connectivity index (χ0) is 18.4. The van der Waals surface area contributed by atoms with Crippen LogP contribution in [0.25, 0.3) is 0 Å². The monoisotopic (exact) mass is 348 g/mol. The number of anilines is 1. The van der Waals surface area contributed by atoms with E-state index in [0.717, 1.165) is 38.9 Å². The molecule has 3 N–H and O–H groups in total. The summed E-state index contributed by atoms with van der Waals surface area (Å²) in [6.45, 7) is 9.35. The molecule has 1 fully saturated rings. The summed E-state index contributed by atoms with van der Waals surface area (Å²) in [5.74, 6) is 0.0704. The molecule has 0 atom stereocenters. The largest absolute Gasteiger partial charge is 0.385 e. The Labute approximate surface area is 150 Å². The number of nitrogens with two attached hydrogens (primary N) is 1. The van der Waals surface area contributed by atoms with Crippen LogP contribution in [0.1, 0.15) is 63.2 Å². The lowest BCUT2D eigenvalue weighted by atomic mass is 9.98. The number of aromatic amines is 1. The summed E-state index contributed by atoms with van der Waals surface area (Å²) in [5.41, 5.74) is 5.92. The lowest BCUT2D eigenvalue weighted by Crippen LogP contribution is -2.50. The number of pyridine rings is 1. The van der Waals surface area contributed by atoms with Gasteiger partial charge in [-0.15, -0.1) is 0 Å². The van der Waals surface area contributed by atoms with E-state index in [-0.39, 0.29) is 17.3 Å². The highest BCUT2D eigenvalue weighted by molar-refractivity contribution is 5.98. The Kier molecular flexibility index (Phi) is 7.05. The van der Waals surface area contributed by atoms with E-state index in [4.69, 9.17) is 5.73 Å². The van der Waals surface area contributed by atoms with Crippen LogP contribution in [0.15, 0.2) is 16.9 Å². The average molecular weight is 348 g/mol. The third kappa shape index (κ3) is 4.63. The van der Waals surface area contributed by atoms with Crippen LogP contribution in [0.2, 0.25) is 0 Å². The normalized spacial score (nSPS) is 16.0. The number of amides is 1. The van der Waals surface area contributed by atoms with Gasteiger partial charge in [0.05, 0.1) is 5.56 Å². The first-order valence-corrected chi connectivity index (χ1v) is 9.55. The SMILES string of the molecule is CCCN(C(CC)CC)C1CCN(C(=O)c2ccc(=O)[nH]c2N)CC1. The highest BCUT2D eigenvalue weighted by atomic mass is 16.2. The third-order valence-electron chi connectivity index (χ3n) is 5.29. The van der Waals surface area contributed by atoms with Crippen LogP contribution in [0.3, 0.4) is 0 Å². The van der Waals surface area contributed by atoms with Crippen LogP contribution in [0.5, 0.6) is 0 Å². The second-order valence-electron chi connectivity index (χ2n) is 6.88. The van der Waals surface area contributed by atoms with Crippen LogP contribution in [0, 0.1) is 0 Å². The predicted octanol–water partition coefficient (Wildman–Crippen LogP) is 2.46. The fourth-order valence-electron chi connectivity index (χ4n) is 3.93. The molecule has 2 heterocycles. The highest BCUT2D eigenvalue weighted by Crippen LogP contribution is 2.23. The number of nitrogens with one attached hydrogen (secondary N) is 1. The molecule has 1 aliphatic rings. The van der Waals surface area contributed by atoms with Gasteiger partial charge >= 0.3 is 0 Å². The van der Waals surface area contributed by atoms with Gasteiger partial charge in [0, 0.05) is 31.2 Å². The van der Waals surface area contributed by atoms with Crippen molar-refractivity contribution in [3.8, 4) is 0 Å². The molecule has 140 valence electrons. The van der Waals surface area contributed by atoms with Crippen LogP contribution >= 0.6 is 0 Å². The fourth-order valence-corrected chi connectivity index (χ4v) is 3.93. The Morgan fingerprint density at radius 3 is 2.44 bits per heavy atom. The number of piperidine rings is 1. The van der Waals surface area contributed by atoms with Crippen LogP contribution < -0.4 is 11.3 Å². The Balaban J connectivity index is 2.02. The van der Waals surface area contributed by atoms with Crippen molar-refractivity contribution in [1.29, 1.82) is 0 Å². The minimum atomic E-state index is -0.284. The summed E-state index contributed by atoms with van der Waals surface area (Å²) in [4.78, 5) is 31.0. The van der Waals surface area contributed by atoms with Crippen molar-refractivity contribution >= 4 is 11.7 Å². The number of nitrogens with zero attached hydrogens (tertiary/aromatic N) is 2. The first-order valence-electron chi connectivity index (χ1n) is 9.55. The van der Waals surface area contributed by atoms with Gasteiger partial charge in [0.15, 0.2) is 0 Å². The van der Waals surface area contributed by atoms with Crippen molar-refractivity contribution in [2.45, 2.75) is 65.0 Å². The maximum absolute atomic E-state index is 12.7. The molecule has 2 rings (SSSR count). The van der Waals surface area contributed by atoms with Crippen molar-refractivity contribution in [3.05, 3.63) is 28.0 Å². The topological polar surface area (TPSA) is 82.4 Å². The van der Waals surface area contributed by atoms with Gasteiger partial charge < -0.3 is 15.6 Å². The maximum Gasteiger partial charge on any atom is 0.257 e. The minimum Gasteiger partial charge on any atom is -0.385 e. The van der Waals surface area contributed by atoms with Crippen molar-refractivity contribution in [1.82, 2.24) is 14.8 Å². The number of likely N-dealkylation sites (tertiary alicyclic amines) is 1. The number of carbonyl (C=O) groups is 1. The zero-order valence-electron chi connectivity index (χ0n) is 15.8. The van der Waals surface area contributed by atoms with Crippen molar-refractivity contribution in [3.63, 3.8) is 0 Å². The van der Waals surface area contributed by atoms with E-state index in [1.165, 1.54) is 25.0 Å². The molecule has 0 saturated carbocycles. The second kappa shape index (κ2) is 9.04. The van der Waals surface area contributed by atoms with Gasteiger partial charge in [0.2, 0.25) is 5.56 Å². The van der Waals surface area contributed by atoms with E-state index >= 15 is 0 Å². The van der Waals surface area contributed by atoms with Gasteiger partial charge in [0.25, 0.3) is 5.91 Å². The molecule has 25 heavy (non-hydrogen) atoms. The molecule has 0 aliphatic carbocycles. The van der Waals surface area contributed by atoms with E-state index in [1.807, 2.05) is 4.90 Å². The number of nitrogen functional groups attached to an aromatic ring is 1. The Morgan fingerprint density at radius 1 is 1.28 bits per heavy atom. The molecular formula is C19H32N4O2. The number of carbonyl (C=O) groups excluding carboxylic acids is 1. The van der Waals surface area contributed by atoms with Crippen LogP contribution in [0.4, 0.5) is 5.82 Å². The van der Waals surface area contributed by atoms with Gasteiger partial charge in [-0.3, -0.25) is 14.5 Å². The molecule has 6 nitrogen and oxygen atoms in total. The van der Waals surface area contributed by atoms with Gasteiger partial charge in [0.1, 0.15) is 5.82 Å². The maximum atomic E-state index is 12.7. The molecule has 1 aromatic rings. The molecule has 0 spiro atoms. The van der Waals surface area contributed by atoms with Crippen molar-refractivity contribution < 1.29 is 4.79 Å². The van der Waals surface area contributed by atoms with E-state index in [2.05, 4.69) is 30.7 Å². The first kappa shape index (κ1) is 19.5. The van der Waals surface area contributed by atoms with Crippen LogP contribution in [-0.4, -0.2) is 52.4 Å². The van der Waals surface area contributed by atoms with Crippen LogP contribution in [-0.2, 0) is 0 Å². The molecule has 1 saturated heterocycles. The summed E-state index contributed by atoms with van der Waals surface area (Å²) in [6.07, 6.45) is 5.48. The van der Waals surface area contributed by atoms with Gasteiger partial charge in [-0.2, -0.15) is 0 Å². The van der Waals surface area contributed by atoms with Gasteiger partial charge in [-0.1, -0.05) is 20.8 Å². The molecule has 0 aromatic carbocycles. The van der Waals surface area contributed by atoms with Gasteiger partial charge in [-0.05, 0) is 44.7 Å². The molecule has 0 radical (unpaired) electrons. The Bertz CT molecular complexity index is 616. The molecule has 0 unspecified atom stereocenters. The van der Waals surface area contributed by atoms with E-state index in [1.54, 1.807) is 0 Å². The fraction of sp³-hybridized carbons (Fsp3) is 0.684. The summed E-state index contributed by atoms with van der Waals surface area (Å²) >= 11 is 0. The van der Waals surface area contributed by atoms with Crippen molar-refractivity contribution in [2.24, 2.45) is 0 Å². The molecule has 6 heteroatoms. The quantitative estimate of drug-likeness (QED) is 0.793. The molecular weight excluding hydrogens is 316 g/mol. The lowest BCUT2D eigenvalue weighted by molar-refractivity contribution is 0.0517. The van der Waals surface area contributed by atoms with Gasteiger partial charge in [-0.25, -0.2) is 0 Å². The number of rotatable bonds is 7. The summed E-state index contributed by atoms with van der Waals surface area (Å²) in [7, 11) is 0. The predicted molar refractivity (Wildman–Crippen MR) is 102 cm³/mol. The number of H-pyrrole nitrogens is 1. The number of hydrogen-bond donors (Lipinski definition) is 2. The second-order valence-corrected chi connectivity index (χ2v) is 6.88. The molecule has 1 aliphatic heterocycles. The van der Waals surface area contributed by atoms with Crippen molar-refractivity contribution in [2.75, 3.05) is 25.4 Å². The summed E-state index contributed by atoms with van der Waals surface area (Å²) in [5, 5.41) is 0. The Morgan fingerprint density at radius 2 is 1.92 bits per heavy atom. The van der Waals surface area contributed by atoms with E-state index in [0.29, 0.717) is 17.6 Å². The number of aromatic nitrogens is 1. The van der Waals surface area contributed by atoms with E-state index in [9.17, 15) is 9.59 Å². The molecule has 1 amide bonds. The lowest BCUT2D eigenvalue weighted by Gasteiger charge is -2.42.